The molecule has 16 nitrogen and oxygen atoms in total. The van der Waals surface area contributed by atoms with E-state index in [0.717, 1.165) is 29.7 Å². The second kappa shape index (κ2) is 32.9. The monoisotopic (exact) mass is 973 g/mol. The molecule has 0 saturated carbocycles. The van der Waals surface area contributed by atoms with Crippen molar-refractivity contribution in [1.29, 1.82) is 0 Å². The zero-order valence-corrected chi connectivity index (χ0v) is 43.2. The summed E-state index contributed by atoms with van der Waals surface area (Å²) in [5, 5.41) is 24.7. The van der Waals surface area contributed by atoms with E-state index in [1.807, 2.05) is 52.0 Å². The molecule has 0 saturated heterocycles. The molecule has 2 aromatic rings. The molecule has 2 rings (SSSR count). The minimum atomic E-state index is -0.864. The molecule has 2 atom stereocenters. The van der Waals surface area contributed by atoms with Gasteiger partial charge in [0.05, 0.1) is 30.4 Å². The first-order valence-electron chi connectivity index (χ1n) is 23.4. The Labute approximate surface area is 407 Å². The highest BCUT2D eigenvalue weighted by Crippen LogP contribution is 2.35. The Morgan fingerprint density at radius 3 is 2.14 bits per heavy atom. The van der Waals surface area contributed by atoms with Crippen molar-refractivity contribution in [2.45, 2.75) is 155 Å². The molecule has 0 aliphatic rings. The number of carbonyl (C=O) groups is 4. The molecule has 19 heteroatoms. The summed E-state index contributed by atoms with van der Waals surface area (Å²) in [7, 11) is 3.39. The van der Waals surface area contributed by atoms with Crippen molar-refractivity contribution in [3.63, 3.8) is 0 Å². The molecule has 0 aliphatic heterocycles. The number of ketones is 1. The van der Waals surface area contributed by atoms with Gasteiger partial charge < -0.3 is 25.0 Å². The van der Waals surface area contributed by atoms with Gasteiger partial charge in [-0.1, -0.05) is 132 Å². The van der Waals surface area contributed by atoms with E-state index in [9.17, 15) is 19.2 Å². The van der Waals surface area contributed by atoms with Crippen molar-refractivity contribution in [3.05, 3.63) is 46.1 Å². The Bertz CT molecular complexity index is 1810. The number of nitrogens with one attached hydrogen (secondary N) is 2. The number of thioether (sulfide) groups is 2. The predicted molar refractivity (Wildman–Crippen MR) is 270 cm³/mol. The maximum absolute atomic E-state index is 13.8. The van der Waals surface area contributed by atoms with Crippen molar-refractivity contribution >= 4 is 62.8 Å². The second-order valence-electron chi connectivity index (χ2n) is 18.2. The third kappa shape index (κ3) is 25.4. The number of thiocarbonyl (C=S) groups is 1. The summed E-state index contributed by atoms with van der Waals surface area (Å²) in [5.41, 5.74) is 8.64. The molecule has 0 bridgehead atoms. The molecule has 2 N–H and O–H groups in total. The van der Waals surface area contributed by atoms with Gasteiger partial charge in [-0.25, -0.2) is 0 Å². The van der Waals surface area contributed by atoms with Crippen molar-refractivity contribution in [2.75, 3.05) is 52.9 Å². The smallest absolute Gasteiger partial charge is 0.235 e. The summed E-state index contributed by atoms with van der Waals surface area (Å²) in [6.45, 7) is 12.3. The van der Waals surface area contributed by atoms with Gasteiger partial charge in [-0.3, -0.25) is 19.2 Å². The lowest BCUT2D eigenvalue weighted by Gasteiger charge is -2.30. The largest absolute Gasteiger partial charge is 0.379 e. The molecule has 0 fully saturated rings. The van der Waals surface area contributed by atoms with Crippen LogP contribution in [0.4, 0.5) is 0 Å². The molecule has 0 spiro atoms. The molecule has 2 unspecified atom stereocenters. The number of hydrogen-bond acceptors (Lipinski definition) is 14. The van der Waals surface area contributed by atoms with Crippen LogP contribution in [0.3, 0.4) is 0 Å². The van der Waals surface area contributed by atoms with E-state index in [4.69, 9.17) is 27.2 Å². The van der Waals surface area contributed by atoms with E-state index in [1.165, 1.54) is 68.0 Å². The first-order chi connectivity index (χ1) is 31.5. The number of Topliss-reactive ketones (excluding diaryl/α,β-unsaturated/α-hetero) is 1. The van der Waals surface area contributed by atoms with Crippen LogP contribution in [0, 0.1) is 18.3 Å². The Hall–Kier alpha value is -3.74. The second-order valence-corrected chi connectivity index (χ2v) is 21.7. The van der Waals surface area contributed by atoms with E-state index in [0.29, 0.717) is 47.7 Å². The Morgan fingerprint density at radius 1 is 0.879 bits per heavy atom. The van der Waals surface area contributed by atoms with Gasteiger partial charge in [0, 0.05) is 55.5 Å². The number of unbranched alkanes of at least 4 members (excludes halogenated alkanes) is 10. The molecule has 368 valence electrons. The number of carbonyl (C=O) groups excluding carboxylic acids is 4. The average molecular weight is 973 g/mol. The molecule has 66 heavy (non-hydrogen) atoms. The fraction of sp³-hybridized carbons (Fsp3) is 0.723. The van der Waals surface area contributed by atoms with E-state index in [1.54, 1.807) is 32.8 Å². The SMILES string of the molecule is CCCCCCCCCCCCSC(=S)SC(CC(CC(C)(C)C(=O)CCCCOCC(C)(C)NC(=O)Cc1ccc(-c2nnc(C)nn2)cc1)C(=O)NCCOCN=[N+]=[N-])C(=O)N(C)C. The van der Waals surface area contributed by atoms with Gasteiger partial charge in [-0.2, -0.15) is 0 Å². The van der Waals surface area contributed by atoms with Crippen LogP contribution >= 0.6 is 35.7 Å². The normalized spacial score (nSPS) is 12.5. The minimum Gasteiger partial charge on any atom is -0.379 e. The van der Waals surface area contributed by atoms with Gasteiger partial charge in [0.25, 0.3) is 0 Å². The highest BCUT2D eigenvalue weighted by atomic mass is 32.2. The molecular weight excluding hydrogens is 897 g/mol. The number of aryl methyl sites for hydroxylation is 1. The zero-order chi connectivity index (χ0) is 48.8. The maximum Gasteiger partial charge on any atom is 0.235 e. The zero-order valence-electron chi connectivity index (χ0n) is 40.8. The number of benzene rings is 1. The minimum absolute atomic E-state index is 0.0176. The molecule has 3 amide bonds. The summed E-state index contributed by atoms with van der Waals surface area (Å²) in [6.07, 6.45) is 14.7. The van der Waals surface area contributed by atoms with E-state index >= 15 is 0 Å². The van der Waals surface area contributed by atoms with E-state index in [-0.39, 0.29) is 62.6 Å². The van der Waals surface area contributed by atoms with Crippen LogP contribution in [0.1, 0.15) is 142 Å². The number of hydrogen-bond donors (Lipinski definition) is 2. The summed E-state index contributed by atoms with van der Waals surface area (Å²) in [4.78, 5) is 58.2. The van der Waals surface area contributed by atoms with Gasteiger partial charge in [-0.05, 0) is 69.7 Å². The van der Waals surface area contributed by atoms with Gasteiger partial charge >= 0.3 is 0 Å². The van der Waals surface area contributed by atoms with Crippen molar-refractivity contribution in [3.8, 4) is 11.4 Å². The standard InChI is InChI=1S/C47H76N10O6S3/c1-9-10-11-12-13-14-15-16-17-20-29-65-45(64)66-39(44(61)57(7)8)31-38(43(60)49-26-28-63-34-50-56-48)32-46(3,4)40(58)21-18-19-27-62-33-47(5,6)51-41(59)30-36-22-24-37(25-23-36)42-54-52-35(2)53-55-42/h22-25,38-39H,9-21,26-34H2,1-8H3,(H,49,60)(H,51,59). The molecule has 1 aromatic carbocycles. The van der Waals surface area contributed by atoms with Crippen molar-refractivity contribution < 1.29 is 28.7 Å². The highest BCUT2D eigenvalue weighted by molar-refractivity contribution is 8.47. The molecule has 0 radical (unpaired) electrons. The maximum atomic E-state index is 13.8. The van der Waals surface area contributed by atoms with Crippen molar-refractivity contribution in [2.24, 2.45) is 16.4 Å². The van der Waals surface area contributed by atoms with E-state index in [2.05, 4.69) is 48.0 Å². The van der Waals surface area contributed by atoms with Gasteiger partial charge in [0.2, 0.25) is 23.5 Å². The fourth-order valence-corrected chi connectivity index (χ4v) is 10.00. The number of amides is 3. The number of rotatable bonds is 35. The lowest BCUT2D eigenvalue weighted by atomic mass is 9.76. The van der Waals surface area contributed by atoms with Gasteiger partial charge in [-0.15, -0.1) is 32.2 Å². The summed E-state index contributed by atoms with van der Waals surface area (Å²) in [6, 6.07) is 7.38. The summed E-state index contributed by atoms with van der Waals surface area (Å²) in [5.74, 6) is 0.578. The van der Waals surface area contributed by atoms with Gasteiger partial charge in [0.1, 0.15) is 16.0 Å². The van der Waals surface area contributed by atoms with Crippen LogP contribution in [0.5, 0.6) is 0 Å². The van der Waals surface area contributed by atoms with Crippen LogP contribution < -0.4 is 10.6 Å². The lowest BCUT2D eigenvalue weighted by molar-refractivity contribution is -0.132. The lowest BCUT2D eigenvalue weighted by Crippen LogP contribution is -2.47. The van der Waals surface area contributed by atoms with Gasteiger partial charge in [0.15, 0.2) is 5.82 Å². The van der Waals surface area contributed by atoms with Crippen LogP contribution in [0.25, 0.3) is 21.8 Å². The number of azide groups is 1. The van der Waals surface area contributed by atoms with Crippen LogP contribution in [-0.2, 0) is 35.1 Å². The fourth-order valence-electron chi connectivity index (χ4n) is 7.14. The molecule has 1 aromatic heterocycles. The summed E-state index contributed by atoms with van der Waals surface area (Å²) < 4.78 is 11.9. The quantitative estimate of drug-likeness (QED) is 0.0217. The average Bonchev–Trinajstić information content (AvgIpc) is 3.27. The topological polar surface area (TPSA) is 214 Å². The predicted octanol–water partition coefficient (Wildman–Crippen LogP) is 9.39. The first-order valence-corrected chi connectivity index (χ1v) is 25.7. The number of nitrogens with zero attached hydrogens (tertiary/aromatic N) is 8. The molecular formula is C47H76N10O6S3. The first kappa shape index (κ1) is 58.4. The Balaban J connectivity index is 1.90. The third-order valence-electron chi connectivity index (χ3n) is 10.9. The van der Waals surface area contributed by atoms with Crippen molar-refractivity contribution in [1.82, 2.24) is 35.9 Å². The third-order valence-corrected chi connectivity index (χ3v) is 13.7. The highest BCUT2D eigenvalue weighted by Gasteiger charge is 2.37. The number of aromatic nitrogens is 4. The Morgan fingerprint density at radius 2 is 1.52 bits per heavy atom. The van der Waals surface area contributed by atoms with Crippen LogP contribution in [-0.4, -0.2) is 116 Å². The van der Waals surface area contributed by atoms with Crippen LogP contribution in [0.15, 0.2) is 29.4 Å². The van der Waals surface area contributed by atoms with E-state index < -0.39 is 22.1 Å². The summed E-state index contributed by atoms with van der Waals surface area (Å²) >= 11 is 8.69. The van der Waals surface area contributed by atoms with Crippen LogP contribution in [0.2, 0.25) is 0 Å². The molecule has 1 heterocycles. The number of ether oxygens (including phenoxy) is 2. The Kier molecular flexibility index (Phi) is 29.1. The molecule has 0 aliphatic carbocycles.